The molecule has 0 saturated heterocycles. The minimum absolute atomic E-state index is 0.208. The number of nitrogens with two attached hydrogens (primary N) is 1. The van der Waals surface area contributed by atoms with Gasteiger partial charge in [0.05, 0.1) is 5.56 Å². The first-order valence-corrected chi connectivity index (χ1v) is 3.60. The van der Waals surface area contributed by atoms with E-state index in [-0.39, 0.29) is 11.7 Å². The molecule has 1 aromatic rings. The van der Waals surface area contributed by atoms with Gasteiger partial charge in [-0.05, 0) is 6.07 Å². The van der Waals surface area contributed by atoms with Crippen LogP contribution >= 0.6 is 11.6 Å². The predicted molar refractivity (Wildman–Crippen MR) is 44.3 cm³/mol. The molecule has 0 fully saturated rings. The maximum atomic E-state index is 11.0. The number of hydrogen-bond acceptors (Lipinski definition) is 3. The van der Waals surface area contributed by atoms with E-state index in [4.69, 9.17) is 17.3 Å². The molecule has 1 amide bonds. The molecule has 0 atom stereocenters. The van der Waals surface area contributed by atoms with Gasteiger partial charge >= 0.3 is 0 Å². The largest absolute Gasteiger partial charge is 0.383 e. The lowest BCUT2D eigenvalue weighted by Gasteiger charge is -1.95. The van der Waals surface area contributed by atoms with Crippen molar-refractivity contribution in [2.24, 2.45) is 10.7 Å². The minimum Gasteiger partial charge on any atom is -0.383 e. The smallest absolute Gasteiger partial charge is 0.281 e. The van der Waals surface area contributed by atoms with Crippen LogP contribution < -0.4 is 5.73 Å². The van der Waals surface area contributed by atoms with Crippen molar-refractivity contribution in [2.45, 2.75) is 0 Å². The quantitative estimate of drug-likeness (QED) is 0.596. The zero-order chi connectivity index (χ0) is 8.72. The van der Waals surface area contributed by atoms with E-state index in [9.17, 15) is 4.79 Å². The Morgan fingerprint density at radius 1 is 1.42 bits per heavy atom. The molecule has 1 aliphatic heterocycles. The molecule has 4 nitrogen and oxygen atoms in total. The van der Waals surface area contributed by atoms with Gasteiger partial charge in [-0.3, -0.25) is 4.79 Å². The Morgan fingerprint density at radius 3 is 2.92 bits per heavy atom. The van der Waals surface area contributed by atoms with Crippen LogP contribution in [0, 0.1) is 0 Å². The molecule has 2 N–H and O–H groups in total. The van der Waals surface area contributed by atoms with Crippen LogP contribution in [0.1, 0.15) is 15.9 Å². The highest BCUT2D eigenvalue weighted by molar-refractivity contribution is 6.30. The average molecular weight is 182 g/mol. The van der Waals surface area contributed by atoms with Crippen molar-refractivity contribution in [1.82, 2.24) is 4.98 Å². The van der Waals surface area contributed by atoms with Gasteiger partial charge in [-0.25, -0.2) is 4.98 Å². The van der Waals surface area contributed by atoms with Gasteiger partial charge in [0.2, 0.25) is 0 Å². The third kappa shape index (κ3) is 0.887. The molecule has 1 aliphatic rings. The van der Waals surface area contributed by atoms with Crippen LogP contribution in [0.15, 0.2) is 17.3 Å². The number of pyridine rings is 1. The second kappa shape index (κ2) is 2.28. The fourth-order valence-corrected chi connectivity index (χ4v) is 1.20. The van der Waals surface area contributed by atoms with Crippen molar-refractivity contribution in [2.75, 3.05) is 0 Å². The van der Waals surface area contributed by atoms with Crippen LogP contribution in [-0.4, -0.2) is 16.7 Å². The zero-order valence-electron chi connectivity index (χ0n) is 5.91. The van der Waals surface area contributed by atoms with Gasteiger partial charge in [0.15, 0.2) is 0 Å². The summed E-state index contributed by atoms with van der Waals surface area (Å²) in [5.74, 6) is -0.147. The van der Waals surface area contributed by atoms with Gasteiger partial charge in [0.25, 0.3) is 5.91 Å². The topological polar surface area (TPSA) is 68.3 Å². The zero-order valence-corrected chi connectivity index (χ0v) is 6.67. The number of aliphatic imine (C=N–C) groups is 1. The number of carbonyl (C=O) groups is 1. The summed E-state index contributed by atoms with van der Waals surface area (Å²) in [5, 5.41) is 0.307. The van der Waals surface area contributed by atoms with E-state index in [1.165, 1.54) is 12.3 Å². The van der Waals surface area contributed by atoms with Gasteiger partial charge in [-0.2, -0.15) is 4.99 Å². The summed E-state index contributed by atoms with van der Waals surface area (Å²) in [6.45, 7) is 0. The molecular weight excluding hydrogens is 178 g/mol. The van der Waals surface area contributed by atoms with E-state index in [2.05, 4.69) is 9.98 Å². The Bertz CT molecular complexity index is 400. The van der Waals surface area contributed by atoms with E-state index < -0.39 is 0 Å². The van der Waals surface area contributed by atoms with Crippen LogP contribution in [0.5, 0.6) is 0 Å². The molecule has 0 unspecified atom stereocenters. The van der Waals surface area contributed by atoms with Gasteiger partial charge in [0, 0.05) is 11.8 Å². The molecule has 0 saturated carbocycles. The van der Waals surface area contributed by atoms with E-state index in [0.717, 1.165) is 0 Å². The van der Waals surface area contributed by atoms with Crippen LogP contribution in [0.4, 0.5) is 0 Å². The third-order valence-electron chi connectivity index (χ3n) is 1.60. The Morgan fingerprint density at radius 2 is 2.17 bits per heavy atom. The van der Waals surface area contributed by atoms with Gasteiger partial charge in [-0.1, -0.05) is 11.6 Å². The molecule has 0 aliphatic carbocycles. The lowest BCUT2D eigenvalue weighted by atomic mass is 10.1. The van der Waals surface area contributed by atoms with Crippen LogP contribution in [-0.2, 0) is 0 Å². The van der Waals surface area contributed by atoms with Crippen molar-refractivity contribution < 1.29 is 4.79 Å². The summed E-state index contributed by atoms with van der Waals surface area (Å²) in [7, 11) is 0. The molecule has 5 heteroatoms. The molecular formula is C7H4ClN3O. The SMILES string of the molecule is NC1=NC(=O)c2cnc(Cl)cc21. The highest BCUT2D eigenvalue weighted by Gasteiger charge is 2.21. The lowest BCUT2D eigenvalue weighted by molar-refractivity contribution is 0.101. The molecule has 0 spiro atoms. The predicted octanol–water partition coefficient (Wildman–Crippen LogP) is 0.594. The molecule has 0 radical (unpaired) electrons. The standard InChI is InChI=1S/C7H4ClN3O/c8-5-1-3-4(2-10-5)7(12)11-6(3)9/h1-2H,(H2,9,11,12). The number of nitrogens with zero attached hydrogens (tertiary/aromatic N) is 2. The Hall–Kier alpha value is -1.42. The number of rotatable bonds is 0. The average Bonchev–Trinajstić information content (AvgIpc) is 2.28. The monoisotopic (exact) mass is 181 g/mol. The first-order chi connectivity index (χ1) is 5.68. The third-order valence-corrected chi connectivity index (χ3v) is 1.81. The summed E-state index contributed by atoms with van der Waals surface area (Å²) >= 11 is 5.60. The summed E-state index contributed by atoms with van der Waals surface area (Å²) in [6, 6.07) is 1.53. The van der Waals surface area contributed by atoms with Crippen LogP contribution in [0.3, 0.4) is 0 Å². The molecule has 0 bridgehead atoms. The van der Waals surface area contributed by atoms with E-state index in [1.54, 1.807) is 0 Å². The molecule has 12 heavy (non-hydrogen) atoms. The normalized spacial score (nSPS) is 14.4. The van der Waals surface area contributed by atoms with Crippen molar-refractivity contribution in [3.63, 3.8) is 0 Å². The van der Waals surface area contributed by atoms with Crippen molar-refractivity contribution in [3.05, 3.63) is 28.5 Å². The molecule has 2 heterocycles. The fourth-order valence-electron chi connectivity index (χ4n) is 1.04. The minimum atomic E-state index is -0.355. The first kappa shape index (κ1) is 7.24. The summed E-state index contributed by atoms with van der Waals surface area (Å²) in [4.78, 5) is 18.3. The number of amidine groups is 1. The van der Waals surface area contributed by atoms with E-state index in [0.29, 0.717) is 16.3 Å². The van der Waals surface area contributed by atoms with Crippen molar-refractivity contribution in [3.8, 4) is 0 Å². The number of hydrogen-bond donors (Lipinski definition) is 1. The first-order valence-electron chi connectivity index (χ1n) is 3.23. The molecule has 60 valence electrons. The second-order valence-electron chi connectivity index (χ2n) is 2.35. The van der Waals surface area contributed by atoms with Crippen molar-refractivity contribution >= 4 is 23.3 Å². The molecule has 0 aromatic carbocycles. The number of carbonyl (C=O) groups excluding carboxylic acids is 1. The summed E-state index contributed by atoms with van der Waals surface area (Å²) in [6.07, 6.45) is 1.38. The van der Waals surface area contributed by atoms with Gasteiger partial charge in [0.1, 0.15) is 11.0 Å². The lowest BCUT2D eigenvalue weighted by Crippen LogP contribution is -2.10. The highest BCUT2D eigenvalue weighted by Crippen LogP contribution is 2.18. The van der Waals surface area contributed by atoms with E-state index in [1.807, 2.05) is 0 Å². The number of amides is 1. The van der Waals surface area contributed by atoms with Crippen molar-refractivity contribution in [1.29, 1.82) is 0 Å². The number of fused-ring (bicyclic) bond motifs is 1. The van der Waals surface area contributed by atoms with Crippen LogP contribution in [0.25, 0.3) is 0 Å². The van der Waals surface area contributed by atoms with Crippen LogP contribution in [0.2, 0.25) is 5.15 Å². The molecule has 2 rings (SSSR count). The maximum absolute atomic E-state index is 11.0. The Balaban J connectivity index is 2.69. The summed E-state index contributed by atoms with van der Waals surface area (Å²) < 4.78 is 0. The van der Waals surface area contributed by atoms with Gasteiger partial charge in [-0.15, -0.1) is 0 Å². The number of aromatic nitrogens is 1. The van der Waals surface area contributed by atoms with Gasteiger partial charge < -0.3 is 5.73 Å². The number of halogens is 1. The Labute approximate surface area is 73.1 Å². The van der Waals surface area contributed by atoms with E-state index >= 15 is 0 Å². The fraction of sp³-hybridized carbons (Fsp3) is 0. The summed E-state index contributed by atoms with van der Waals surface area (Å²) in [5.41, 5.74) is 6.43. The maximum Gasteiger partial charge on any atom is 0.281 e. The second-order valence-corrected chi connectivity index (χ2v) is 2.74. The molecule has 1 aromatic heterocycles. The highest BCUT2D eigenvalue weighted by atomic mass is 35.5. The Kier molecular flexibility index (Phi) is 1.38.